The fourth-order valence-corrected chi connectivity index (χ4v) is 3.71. The summed E-state index contributed by atoms with van der Waals surface area (Å²) in [5, 5.41) is 0.939. The van der Waals surface area contributed by atoms with E-state index in [2.05, 4.69) is 42.0 Å². The van der Waals surface area contributed by atoms with Gasteiger partial charge in [0.2, 0.25) is 0 Å². The third kappa shape index (κ3) is 3.98. The largest absolute Gasteiger partial charge is 0.346 e. The average Bonchev–Trinajstić information content (AvgIpc) is 3.27. The summed E-state index contributed by atoms with van der Waals surface area (Å²) in [6, 6.07) is 14.0. The van der Waals surface area contributed by atoms with Crippen molar-refractivity contribution < 1.29 is 0 Å². The Morgan fingerprint density at radius 3 is 2.53 bits per heavy atom. The Morgan fingerprint density at radius 2 is 1.75 bits per heavy atom. The highest BCUT2D eigenvalue weighted by atomic mass is 15.0. The number of aromatic amines is 1. The van der Waals surface area contributed by atoms with Gasteiger partial charge < -0.3 is 9.88 Å². The van der Waals surface area contributed by atoms with Crippen molar-refractivity contribution in [3.63, 3.8) is 0 Å². The zero-order valence-corrected chi connectivity index (χ0v) is 18.2. The fourth-order valence-electron chi connectivity index (χ4n) is 3.71. The second-order valence-corrected chi connectivity index (χ2v) is 8.05. The molecule has 158 valence electrons. The van der Waals surface area contributed by atoms with E-state index < -0.39 is 0 Å². The molecule has 0 amide bonds. The molecule has 0 aliphatic rings. The first-order chi connectivity index (χ1) is 15.6. The van der Waals surface area contributed by atoms with Crippen LogP contribution < -0.4 is 0 Å². The maximum Gasteiger partial charge on any atom is 0.180 e. The van der Waals surface area contributed by atoms with E-state index in [-0.39, 0.29) is 0 Å². The Kier molecular flexibility index (Phi) is 5.17. The average molecular weight is 422 g/mol. The van der Waals surface area contributed by atoms with Crippen molar-refractivity contribution in [2.24, 2.45) is 0 Å². The van der Waals surface area contributed by atoms with Crippen molar-refractivity contribution in [1.82, 2.24) is 34.8 Å². The molecule has 0 aliphatic heterocycles. The molecule has 5 aromatic heterocycles. The number of aryl methyl sites for hydroxylation is 1. The van der Waals surface area contributed by atoms with E-state index in [1.165, 1.54) is 5.56 Å². The second-order valence-electron chi connectivity index (χ2n) is 8.05. The summed E-state index contributed by atoms with van der Waals surface area (Å²) in [5.41, 5.74) is 7.14. The molecule has 0 saturated carbocycles. The van der Waals surface area contributed by atoms with Gasteiger partial charge in [-0.15, -0.1) is 0 Å². The molecule has 5 aromatic rings. The highest BCUT2D eigenvalue weighted by Gasteiger charge is 2.14. The van der Waals surface area contributed by atoms with Gasteiger partial charge in [-0.25, -0.2) is 15.0 Å². The molecule has 1 N–H and O–H groups in total. The number of H-pyrrole nitrogens is 1. The fraction of sp³-hybridized carbons (Fsp3) is 0.160. The molecule has 0 spiro atoms. The van der Waals surface area contributed by atoms with E-state index in [0.29, 0.717) is 5.82 Å². The van der Waals surface area contributed by atoms with E-state index in [1.54, 1.807) is 0 Å². The van der Waals surface area contributed by atoms with Crippen molar-refractivity contribution in [2.45, 2.75) is 13.5 Å². The summed E-state index contributed by atoms with van der Waals surface area (Å²) in [6.45, 7) is 2.82. The normalized spacial score (nSPS) is 11.4. The van der Waals surface area contributed by atoms with Crippen molar-refractivity contribution >= 4 is 11.0 Å². The van der Waals surface area contributed by atoms with Crippen LogP contribution in [0.25, 0.3) is 45.1 Å². The van der Waals surface area contributed by atoms with Crippen LogP contribution in [0.5, 0.6) is 0 Å². The van der Waals surface area contributed by atoms with Gasteiger partial charge in [-0.05, 0) is 56.9 Å². The number of pyridine rings is 3. The lowest BCUT2D eigenvalue weighted by Crippen LogP contribution is -2.10. The molecule has 7 heteroatoms. The van der Waals surface area contributed by atoms with E-state index in [0.717, 1.165) is 51.5 Å². The molecule has 0 unspecified atom stereocenters. The maximum absolute atomic E-state index is 4.88. The Morgan fingerprint density at radius 1 is 0.875 bits per heavy atom. The van der Waals surface area contributed by atoms with Crippen LogP contribution in [0.3, 0.4) is 0 Å². The molecule has 0 aliphatic carbocycles. The third-order valence-electron chi connectivity index (χ3n) is 5.16. The van der Waals surface area contributed by atoms with Crippen LogP contribution in [-0.4, -0.2) is 48.9 Å². The van der Waals surface area contributed by atoms with Gasteiger partial charge in [0.25, 0.3) is 0 Å². The number of hydrogen-bond acceptors (Lipinski definition) is 6. The van der Waals surface area contributed by atoms with Crippen LogP contribution in [0.4, 0.5) is 0 Å². The molecule has 0 bridgehead atoms. The quantitative estimate of drug-likeness (QED) is 0.449. The predicted octanol–water partition coefficient (Wildman–Crippen LogP) is 4.51. The van der Waals surface area contributed by atoms with Gasteiger partial charge in [-0.2, -0.15) is 0 Å². The molecule has 7 nitrogen and oxygen atoms in total. The van der Waals surface area contributed by atoms with Crippen LogP contribution in [0.15, 0.2) is 67.3 Å². The number of rotatable bonds is 5. The van der Waals surface area contributed by atoms with Gasteiger partial charge in [0.1, 0.15) is 11.3 Å². The molecule has 32 heavy (non-hydrogen) atoms. The minimum absolute atomic E-state index is 0.579. The van der Waals surface area contributed by atoms with E-state index in [4.69, 9.17) is 4.98 Å². The molecular weight excluding hydrogens is 398 g/mol. The zero-order valence-electron chi connectivity index (χ0n) is 18.2. The zero-order chi connectivity index (χ0) is 22.1. The third-order valence-corrected chi connectivity index (χ3v) is 5.16. The van der Waals surface area contributed by atoms with E-state index >= 15 is 0 Å². The summed E-state index contributed by atoms with van der Waals surface area (Å²) < 4.78 is 0. The molecule has 5 rings (SSSR count). The van der Waals surface area contributed by atoms with Gasteiger partial charge in [0.15, 0.2) is 5.82 Å². The lowest BCUT2D eigenvalue weighted by molar-refractivity contribution is 0.402. The first-order valence-electron chi connectivity index (χ1n) is 10.4. The van der Waals surface area contributed by atoms with Crippen LogP contribution in [-0.2, 0) is 6.54 Å². The predicted molar refractivity (Wildman–Crippen MR) is 126 cm³/mol. The van der Waals surface area contributed by atoms with Crippen LogP contribution in [0.2, 0.25) is 0 Å². The van der Waals surface area contributed by atoms with Gasteiger partial charge in [0, 0.05) is 53.5 Å². The number of nitrogens with one attached hydrogen (secondary N) is 1. The Labute approximate surface area is 186 Å². The van der Waals surface area contributed by atoms with Gasteiger partial charge in [-0.3, -0.25) is 9.97 Å². The van der Waals surface area contributed by atoms with Crippen LogP contribution in [0.1, 0.15) is 11.3 Å². The Hall–Kier alpha value is -3.97. The molecule has 0 aromatic carbocycles. The topological polar surface area (TPSA) is 83.5 Å². The van der Waals surface area contributed by atoms with Crippen molar-refractivity contribution in [1.29, 1.82) is 0 Å². The summed E-state index contributed by atoms with van der Waals surface area (Å²) in [5.74, 6) is 0.579. The molecule has 0 radical (unpaired) electrons. The monoisotopic (exact) mass is 421 g/mol. The van der Waals surface area contributed by atoms with Crippen molar-refractivity contribution in [2.75, 3.05) is 14.1 Å². The summed E-state index contributed by atoms with van der Waals surface area (Å²) in [6.07, 6.45) is 7.44. The van der Waals surface area contributed by atoms with Gasteiger partial charge >= 0.3 is 0 Å². The molecule has 0 fully saturated rings. The van der Waals surface area contributed by atoms with Crippen LogP contribution >= 0.6 is 0 Å². The standard InChI is InChI=1S/C25H23N7/c1-16-5-4-6-22(29-16)25-30-23(20-9-10-27-24(20)31-25)19-11-18(13-26-14-19)21-8-7-17(12-28-21)15-32(2)3/h4-14H,15H2,1-3H3,(H,27,30,31). The second kappa shape index (κ2) is 8.28. The van der Waals surface area contributed by atoms with Gasteiger partial charge in [-0.1, -0.05) is 12.1 Å². The lowest BCUT2D eigenvalue weighted by atomic mass is 10.1. The highest BCUT2D eigenvalue weighted by Crippen LogP contribution is 2.30. The minimum atomic E-state index is 0.579. The molecule has 0 atom stereocenters. The molecular formula is C25H23N7. The van der Waals surface area contributed by atoms with E-state index in [9.17, 15) is 0 Å². The van der Waals surface area contributed by atoms with Gasteiger partial charge in [0.05, 0.1) is 11.4 Å². The van der Waals surface area contributed by atoms with E-state index in [1.807, 2.05) is 76.1 Å². The Bertz CT molecular complexity index is 1390. The number of aromatic nitrogens is 6. The SMILES string of the molecule is Cc1cccc(-c2nc(-c3cncc(-c4ccc(CN(C)C)cn4)c3)c3cc[nH]c3n2)n1. The van der Waals surface area contributed by atoms with Crippen molar-refractivity contribution in [3.05, 3.63) is 78.5 Å². The number of fused-ring (bicyclic) bond motifs is 1. The smallest absolute Gasteiger partial charge is 0.180 e. The van der Waals surface area contributed by atoms with Crippen LogP contribution in [0, 0.1) is 6.92 Å². The summed E-state index contributed by atoms with van der Waals surface area (Å²) in [4.78, 5) is 28.6. The number of nitrogens with zero attached hydrogens (tertiary/aromatic N) is 6. The molecule has 5 heterocycles. The maximum atomic E-state index is 4.88. The first-order valence-corrected chi connectivity index (χ1v) is 10.4. The summed E-state index contributed by atoms with van der Waals surface area (Å²) in [7, 11) is 4.09. The molecule has 0 saturated heterocycles. The number of hydrogen-bond donors (Lipinski definition) is 1. The Balaban J connectivity index is 1.58. The van der Waals surface area contributed by atoms with Crippen molar-refractivity contribution in [3.8, 4) is 34.0 Å². The lowest BCUT2D eigenvalue weighted by Gasteiger charge is -2.10. The summed E-state index contributed by atoms with van der Waals surface area (Å²) >= 11 is 0. The first kappa shape index (κ1) is 20.0. The minimum Gasteiger partial charge on any atom is -0.346 e. The highest BCUT2D eigenvalue weighted by molar-refractivity contribution is 5.92.